The van der Waals surface area contributed by atoms with E-state index in [0.29, 0.717) is 24.7 Å². The number of benzene rings is 1. The number of likely N-dealkylation sites (tertiary alicyclic amines) is 1. The number of nitrogens with zero attached hydrogens (tertiary/aromatic N) is 2. The van der Waals surface area contributed by atoms with Crippen molar-refractivity contribution in [2.24, 2.45) is 4.99 Å². The lowest BCUT2D eigenvalue weighted by Crippen LogP contribution is -2.45. The summed E-state index contributed by atoms with van der Waals surface area (Å²) in [6, 6.07) is 8.99. The average Bonchev–Trinajstić information content (AvgIpc) is 3.37. The number of carbonyl (C=O) groups excluding carboxylic acids is 1. The zero-order valence-corrected chi connectivity index (χ0v) is 16.6. The van der Waals surface area contributed by atoms with Gasteiger partial charge in [-0.1, -0.05) is 25.0 Å². The number of aliphatic imine (C=N–C) groups is 1. The highest BCUT2D eigenvalue weighted by atomic mass is 16.1. The van der Waals surface area contributed by atoms with Gasteiger partial charge in [-0.05, 0) is 43.9 Å². The van der Waals surface area contributed by atoms with E-state index in [1.165, 1.54) is 38.6 Å². The number of nitrogens with one attached hydrogen (secondary N) is 3. The summed E-state index contributed by atoms with van der Waals surface area (Å²) in [6.07, 6.45) is 6.69. The van der Waals surface area contributed by atoms with Crippen molar-refractivity contribution in [3.63, 3.8) is 0 Å². The summed E-state index contributed by atoms with van der Waals surface area (Å²) in [4.78, 5) is 18.8. The van der Waals surface area contributed by atoms with Gasteiger partial charge in [-0.15, -0.1) is 0 Å². The van der Waals surface area contributed by atoms with Gasteiger partial charge in [0, 0.05) is 50.9 Å². The molecule has 1 heterocycles. The summed E-state index contributed by atoms with van der Waals surface area (Å²) >= 11 is 0. The molecule has 1 aromatic rings. The predicted octanol–water partition coefficient (Wildman–Crippen LogP) is 2.12. The average molecular weight is 372 g/mol. The minimum Gasteiger partial charge on any atom is -0.352 e. The Morgan fingerprint density at radius 2 is 1.89 bits per heavy atom. The maximum Gasteiger partial charge on any atom is 0.251 e. The van der Waals surface area contributed by atoms with Gasteiger partial charge >= 0.3 is 0 Å². The maximum atomic E-state index is 11.8. The zero-order valence-electron chi connectivity index (χ0n) is 16.6. The van der Waals surface area contributed by atoms with Crippen molar-refractivity contribution < 1.29 is 4.79 Å². The standard InChI is InChI=1S/C21H33N5O/c1-3-23-20(27)17-10-8-16(9-11-17)14-24-21(22-2)25-18-12-13-26(15-18)19-6-4-5-7-19/h8-11,18-19H,3-7,12-15H2,1-2H3,(H,23,27)(H2,22,24,25). The van der Waals surface area contributed by atoms with Gasteiger partial charge in [0.2, 0.25) is 0 Å². The number of hydrogen-bond acceptors (Lipinski definition) is 3. The van der Waals surface area contributed by atoms with Crippen LogP contribution in [0.25, 0.3) is 0 Å². The first-order valence-corrected chi connectivity index (χ1v) is 10.3. The second kappa shape index (κ2) is 9.74. The lowest BCUT2D eigenvalue weighted by molar-refractivity contribution is 0.0956. The third kappa shape index (κ3) is 5.45. The second-order valence-electron chi connectivity index (χ2n) is 7.55. The molecule has 0 radical (unpaired) electrons. The van der Waals surface area contributed by atoms with Crippen molar-refractivity contribution >= 4 is 11.9 Å². The number of rotatable bonds is 6. The van der Waals surface area contributed by atoms with Crippen LogP contribution in [-0.4, -0.2) is 55.5 Å². The minimum atomic E-state index is -0.0254. The van der Waals surface area contributed by atoms with Gasteiger partial charge in [-0.2, -0.15) is 0 Å². The first-order valence-electron chi connectivity index (χ1n) is 10.3. The minimum absolute atomic E-state index is 0.0254. The molecule has 1 aliphatic carbocycles. The van der Waals surface area contributed by atoms with Crippen LogP contribution in [0.15, 0.2) is 29.3 Å². The van der Waals surface area contributed by atoms with Crippen molar-refractivity contribution in [1.29, 1.82) is 0 Å². The van der Waals surface area contributed by atoms with Crippen LogP contribution in [0.4, 0.5) is 0 Å². The normalized spacial score (nSPS) is 21.4. The maximum absolute atomic E-state index is 11.8. The van der Waals surface area contributed by atoms with Crippen LogP contribution in [0.2, 0.25) is 0 Å². The topological polar surface area (TPSA) is 68.8 Å². The van der Waals surface area contributed by atoms with E-state index in [0.717, 1.165) is 24.1 Å². The van der Waals surface area contributed by atoms with Crippen LogP contribution in [0, 0.1) is 0 Å². The SMILES string of the molecule is CCNC(=O)c1ccc(CNC(=NC)NC2CCN(C3CCCC3)C2)cc1. The van der Waals surface area contributed by atoms with Crippen LogP contribution < -0.4 is 16.0 Å². The van der Waals surface area contributed by atoms with Crippen molar-refractivity contribution in [2.45, 2.75) is 57.7 Å². The van der Waals surface area contributed by atoms with Gasteiger partial charge in [-0.25, -0.2) is 0 Å². The molecule has 1 unspecified atom stereocenters. The molecule has 1 aliphatic heterocycles. The molecule has 2 fully saturated rings. The smallest absolute Gasteiger partial charge is 0.251 e. The molecule has 2 aliphatic rings. The fourth-order valence-corrected chi connectivity index (χ4v) is 4.12. The summed E-state index contributed by atoms with van der Waals surface area (Å²) < 4.78 is 0. The fraction of sp³-hybridized carbons (Fsp3) is 0.619. The molecule has 6 heteroatoms. The monoisotopic (exact) mass is 371 g/mol. The van der Waals surface area contributed by atoms with E-state index in [9.17, 15) is 4.79 Å². The molecule has 1 atom stereocenters. The molecule has 1 amide bonds. The Morgan fingerprint density at radius 3 is 2.56 bits per heavy atom. The fourth-order valence-electron chi connectivity index (χ4n) is 4.12. The van der Waals surface area contributed by atoms with Crippen LogP contribution in [0.1, 0.15) is 54.9 Å². The lowest BCUT2D eigenvalue weighted by atomic mass is 10.1. The Bertz CT molecular complexity index is 636. The van der Waals surface area contributed by atoms with Crippen LogP contribution in [0.3, 0.4) is 0 Å². The van der Waals surface area contributed by atoms with Crippen LogP contribution in [0.5, 0.6) is 0 Å². The Balaban J connectivity index is 1.44. The first kappa shape index (κ1) is 19.7. The highest BCUT2D eigenvalue weighted by Crippen LogP contribution is 2.26. The molecule has 1 saturated heterocycles. The van der Waals surface area contributed by atoms with Crippen molar-refractivity contribution in [1.82, 2.24) is 20.9 Å². The van der Waals surface area contributed by atoms with E-state index in [-0.39, 0.29) is 5.91 Å². The molecule has 0 spiro atoms. The third-order valence-electron chi connectivity index (χ3n) is 5.64. The number of hydrogen-bond donors (Lipinski definition) is 3. The van der Waals surface area contributed by atoms with Crippen LogP contribution in [-0.2, 0) is 6.54 Å². The molecule has 1 saturated carbocycles. The van der Waals surface area contributed by atoms with Crippen molar-refractivity contribution in [3.8, 4) is 0 Å². The molecule has 27 heavy (non-hydrogen) atoms. The van der Waals surface area contributed by atoms with Crippen molar-refractivity contribution in [2.75, 3.05) is 26.7 Å². The number of carbonyl (C=O) groups is 1. The van der Waals surface area contributed by atoms with Gasteiger partial charge in [0.1, 0.15) is 0 Å². The molecular formula is C21H33N5O. The molecule has 0 bridgehead atoms. The van der Waals surface area contributed by atoms with E-state index in [1.54, 1.807) is 0 Å². The molecule has 3 rings (SSSR count). The Hall–Kier alpha value is -2.08. The zero-order chi connectivity index (χ0) is 19.1. The third-order valence-corrected chi connectivity index (χ3v) is 5.64. The van der Waals surface area contributed by atoms with Crippen molar-refractivity contribution in [3.05, 3.63) is 35.4 Å². The molecular weight excluding hydrogens is 338 g/mol. The van der Waals surface area contributed by atoms with Crippen LogP contribution >= 0.6 is 0 Å². The van der Waals surface area contributed by atoms with Gasteiger partial charge in [0.25, 0.3) is 5.91 Å². The summed E-state index contributed by atoms with van der Waals surface area (Å²) in [6.45, 7) is 5.57. The van der Waals surface area contributed by atoms with E-state index < -0.39 is 0 Å². The van der Waals surface area contributed by atoms with Gasteiger partial charge in [0.05, 0.1) is 0 Å². The lowest BCUT2D eigenvalue weighted by Gasteiger charge is -2.24. The van der Waals surface area contributed by atoms with E-state index in [1.807, 2.05) is 38.2 Å². The first-order chi connectivity index (χ1) is 13.2. The Kier molecular flexibility index (Phi) is 7.10. The highest BCUT2D eigenvalue weighted by Gasteiger charge is 2.30. The summed E-state index contributed by atoms with van der Waals surface area (Å²) in [5, 5.41) is 9.78. The molecule has 1 aromatic carbocycles. The quantitative estimate of drug-likeness (QED) is 0.529. The van der Waals surface area contributed by atoms with Gasteiger partial charge in [0.15, 0.2) is 5.96 Å². The summed E-state index contributed by atoms with van der Waals surface area (Å²) in [5.41, 5.74) is 1.83. The molecule has 0 aromatic heterocycles. The second-order valence-corrected chi connectivity index (χ2v) is 7.55. The van der Waals surface area contributed by atoms with E-state index in [4.69, 9.17) is 0 Å². The largest absolute Gasteiger partial charge is 0.352 e. The highest BCUT2D eigenvalue weighted by molar-refractivity contribution is 5.94. The predicted molar refractivity (Wildman–Crippen MR) is 110 cm³/mol. The molecule has 6 nitrogen and oxygen atoms in total. The number of amides is 1. The number of guanidine groups is 1. The van der Waals surface area contributed by atoms with Gasteiger partial charge in [-0.3, -0.25) is 14.7 Å². The molecule has 3 N–H and O–H groups in total. The summed E-state index contributed by atoms with van der Waals surface area (Å²) in [5.74, 6) is 0.823. The Labute approximate surface area is 162 Å². The van der Waals surface area contributed by atoms with Gasteiger partial charge < -0.3 is 16.0 Å². The Morgan fingerprint density at radius 1 is 1.15 bits per heavy atom. The van der Waals surface area contributed by atoms with E-state index >= 15 is 0 Å². The molecule has 148 valence electrons. The van der Waals surface area contributed by atoms with E-state index in [2.05, 4.69) is 25.8 Å². The summed E-state index contributed by atoms with van der Waals surface area (Å²) in [7, 11) is 1.82.